The Bertz CT molecular complexity index is 1190. The molecule has 7 nitrogen and oxygen atoms in total. The van der Waals surface area contributed by atoms with E-state index < -0.39 is 17.8 Å². The van der Waals surface area contributed by atoms with E-state index in [2.05, 4.69) is 15.6 Å². The molecule has 33 heavy (non-hydrogen) atoms. The zero-order valence-corrected chi connectivity index (χ0v) is 19.8. The maximum absolute atomic E-state index is 12.7. The quantitative estimate of drug-likeness (QED) is 0.400. The summed E-state index contributed by atoms with van der Waals surface area (Å²) in [4.78, 5) is 41.1. The van der Waals surface area contributed by atoms with Crippen LogP contribution in [0.4, 0.5) is 11.4 Å². The number of fused-ring (bicyclic) bond motifs is 1. The number of rotatable bonds is 7. The SMILES string of the molecule is Cc1cccc(NC(=O)CSc2nc3ccc(NC(=O)[C@H]4CCCC[C@H]4C(=O)O)cc3s2)c1. The van der Waals surface area contributed by atoms with E-state index in [1.807, 2.05) is 43.3 Å². The molecule has 9 heteroatoms. The third kappa shape index (κ3) is 5.91. The van der Waals surface area contributed by atoms with Crippen molar-refractivity contribution in [1.82, 2.24) is 4.98 Å². The summed E-state index contributed by atoms with van der Waals surface area (Å²) in [6.45, 7) is 1.97. The van der Waals surface area contributed by atoms with E-state index in [0.29, 0.717) is 18.5 Å². The molecule has 0 unspecified atom stereocenters. The normalized spacial score (nSPS) is 18.1. The summed E-state index contributed by atoms with van der Waals surface area (Å²) in [6, 6.07) is 13.1. The standard InChI is InChI=1S/C24H25N3O4S2/c1-14-5-4-6-15(11-14)25-21(28)13-32-24-27-19-10-9-16(12-20(19)33-24)26-22(29)17-7-2-3-8-18(17)23(30)31/h4-6,9-12,17-18H,2-3,7-8,13H2,1H3,(H,25,28)(H,26,29)(H,30,31)/t17-,18+/m0/s1. The Morgan fingerprint density at radius 3 is 2.58 bits per heavy atom. The van der Waals surface area contributed by atoms with Crippen LogP contribution in [0.15, 0.2) is 46.8 Å². The van der Waals surface area contributed by atoms with Crippen molar-refractivity contribution in [3.8, 4) is 0 Å². The molecule has 0 saturated heterocycles. The van der Waals surface area contributed by atoms with Gasteiger partial charge in [0.05, 0.1) is 27.8 Å². The number of amides is 2. The molecular weight excluding hydrogens is 458 g/mol. The lowest BCUT2D eigenvalue weighted by atomic mass is 9.78. The minimum Gasteiger partial charge on any atom is -0.481 e. The molecule has 1 aliphatic carbocycles. The van der Waals surface area contributed by atoms with Gasteiger partial charge in [-0.3, -0.25) is 14.4 Å². The number of nitrogens with zero attached hydrogens (tertiary/aromatic N) is 1. The molecule has 0 spiro atoms. The summed E-state index contributed by atoms with van der Waals surface area (Å²) in [6.07, 6.45) is 2.85. The fraction of sp³-hybridized carbons (Fsp3) is 0.333. The molecule has 3 aromatic rings. The van der Waals surface area contributed by atoms with Crippen molar-refractivity contribution in [2.24, 2.45) is 11.8 Å². The van der Waals surface area contributed by atoms with Gasteiger partial charge in [-0.15, -0.1) is 11.3 Å². The van der Waals surface area contributed by atoms with Crippen LogP contribution in [0.25, 0.3) is 10.2 Å². The molecule has 2 atom stereocenters. The van der Waals surface area contributed by atoms with Crippen molar-refractivity contribution in [3.05, 3.63) is 48.0 Å². The Hall–Kier alpha value is -2.91. The predicted octanol–water partition coefficient (Wildman–Crippen LogP) is 5.17. The van der Waals surface area contributed by atoms with Gasteiger partial charge in [0.1, 0.15) is 0 Å². The van der Waals surface area contributed by atoms with Gasteiger partial charge in [-0.1, -0.05) is 36.7 Å². The monoisotopic (exact) mass is 483 g/mol. The first-order chi connectivity index (χ1) is 15.9. The summed E-state index contributed by atoms with van der Waals surface area (Å²) >= 11 is 2.82. The molecule has 3 N–H and O–H groups in total. The van der Waals surface area contributed by atoms with Gasteiger partial charge in [0.25, 0.3) is 0 Å². The Kier molecular flexibility index (Phi) is 7.29. The summed E-state index contributed by atoms with van der Waals surface area (Å²) < 4.78 is 1.67. The highest BCUT2D eigenvalue weighted by atomic mass is 32.2. The first kappa shape index (κ1) is 23.3. The fourth-order valence-corrected chi connectivity index (χ4v) is 5.97. The predicted molar refractivity (Wildman–Crippen MR) is 132 cm³/mol. The Balaban J connectivity index is 1.37. The van der Waals surface area contributed by atoms with Gasteiger partial charge in [-0.2, -0.15) is 0 Å². The van der Waals surface area contributed by atoms with E-state index in [1.165, 1.54) is 23.1 Å². The first-order valence-electron chi connectivity index (χ1n) is 10.8. The second kappa shape index (κ2) is 10.4. The minimum absolute atomic E-state index is 0.0988. The number of hydrogen-bond donors (Lipinski definition) is 3. The third-order valence-corrected chi connectivity index (χ3v) is 7.85. The van der Waals surface area contributed by atoms with Crippen LogP contribution in [0.3, 0.4) is 0 Å². The smallest absolute Gasteiger partial charge is 0.307 e. The van der Waals surface area contributed by atoms with Crippen LogP contribution in [0.5, 0.6) is 0 Å². The average molecular weight is 484 g/mol. The molecule has 2 aromatic carbocycles. The number of carboxylic acid groups (broad SMARTS) is 1. The van der Waals surface area contributed by atoms with Crippen LogP contribution in [0.1, 0.15) is 31.2 Å². The van der Waals surface area contributed by atoms with E-state index in [1.54, 1.807) is 6.07 Å². The van der Waals surface area contributed by atoms with Crippen LogP contribution in [0.2, 0.25) is 0 Å². The average Bonchev–Trinajstić information content (AvgIpc) is 3.20. The molecule has 0 bridgehead atoms. The van der Waals surface area contributed by atoms with Crippen LogP contribution >= 0.6 is 23.1 Å². The van der Waals surface area contributed by atoms with E-state index in [9.17, 15) is 19.5 Å². The van der Waals surface area contributed by atoms with Crippen molar-refractivity contribution in [2.45, 2.75) is 36.9 Å². The van der Waals surface area contributed by atoms with Crippen molar-refractivity contribution >= 4 is 62.5 Å². The molecule has 1 aliphatic rings. The Morgan fingerprint density at radius 1 is 1.06 bits per heavy atom. The number of thiazole rings is 1. The summed E-state index contributed by atoms with van der Waals surface area (Å²) in [5.74, 6) is -2.13. The van der Waals surface area contributed by atoms with Crippen molar-refractivity contribution < 1.29 is 19.5 Å². The topological polar surface area (TPSA) is 108 Å². The van der Waals surface area contributed by atoms with Crippen LogP contribution in [0, 0.1) is 18.8 Å². The highest BCUT2D eigenvalue weighted by Gasteiger charge is 2.35. The molecule has 172 valence electrons. The van der Waals surface area contributed by atoms with Gasteiger partial charge in [-0.05, 0) is 55.7 Å². The van der Waals surface area contributed by atoms with Crippen LogP contribution in [-0.2, 0) is 14.4 Å². The molecule has 4 rings (SSSR count). The number of aryl methyl sites for hydroxylation is 1. The highest BCUT2D eigenvalue weighted by Crippen LogP contribution is 2.33. The Morgan fingerprint density at radius 2 is 1.82 bits per heavy atom. The second-order valence-corrected chi connectivity index (χ2v) is 10.4. The van der Waals surface area contributed by atoms with Gasteiger partial charge >= 0.3 is 5.97 Å². The minimum atomic E-state index is -0.902. The lowest BCUT2D eigenvalue weighted by Crippen LogP contribution is -2.36. The molecule has 1 fully saturated rings. The molecule has 0 aliphatic heterocycles. The molecule has 1 saturated carbocycles. The lowest BCUT2D eigenvalue weighted by molar-refractivity contribution is -0.147. The second-order valence-electron chi connectivity index (χ2n) is 8.19. The summed E-state index contributed by atoms with van der Waals surface area (Å²) in [5, 5.41) is 15.2. The molecule has 1 heterocycles. The van der Waals surface area contributed by atoms with Gasteiger partial charge in [0.2, 0.25) is 11.8 Å². The first-order valence-corrected chi connectivity index (χ1v) is 12.6. The van der Waals surface area contributed by atoms with E-state index in [-0.39, 0.29) is 17.6 Å². The van der Waals surface area contributed by atoms with Crippen molar-refractivity contribution in [3.63, 3.8) is 0 Å². The van der Waals surface area contributed by atoms with E-state index in [4.69, 9.17) is 0 Å². The number of thioether (sulfide) groups is 1. The number of benzene rings is 2. The zero-order chi connectivity index (χ0) is 23.4. The summed E-state index contributed by atoms with van der Waals surface area (Å²) in [5.41, 5.74) is 3.27. The van der Waals surface area contributed by atoms with E-state index in [0.717, 1.165) is 38.6 Å². The number of carbonyl (C=O) groups excluding carboxylic acids is 2. The molecular formula is C24H25N3O4S2. The number of nitrogens with one attached hydrogen (secondary N) is 2. The summed E-state index contributed by atoms with van der Waals surface area (Å²) in [7, 11) is 0. The zero-order valence-electron chi connectivity index (χ0n) is 18.2. The highest BCUT2D eigenvalue weighted by molar-refractivity contribution is 8.01. The number of hydrogen-bond acceptors (Lipinski definition) is 6. The molecule has 2 amide bonds. The van der Waals surface area contributed by atoms with Crippen LogP contribution < -0.4 is 10.6 Å². The number of carboxylic acids is 1. The Labute approximate surface area is 200 Å². The van der Waals surface area contributed by atoms with E-state index >= 15 is 0 Å². The molecule has 0 radical (unpaired) electrons. The van der Waals surface area contributed by atoms with Crippen molar-refractivity contribution in [2.75, 3.05) is 16.4 Å². The number of anilines is 2. The van der Waals surface area contributed by atoms with Gasteiger partial charge < -0.3 is 15.7 Å². The maximum atomic E-state index is 12.7. The fourth-order valence-electron chi connectivity index (χ4n) is 4.07. The van der Waals surface area contributed by atoms with Gasteiger partial charge in [-0.25, -0.2) is 4.98 Å². The van der Waals surface area contributed by atoms with Gasteiger partial charge in [0, 0.05) is 11.4 Å². The van der Waals surface area contributed by atoms with Gasteiger partial charge in [0.15, 0.2) is 4.34 Å². The number of carbonyl (C=O) groups is 3. The van der Waals surface area contributed by atoms with Crippen molar-refractivity contribution in [1.29, 1.82) is 0 Å². The lowest BCUT2D eigenvalue weighted by Gasteiger charge is -2.27. The third-order valence-electron chi connectivity index (χ3n) is 5.68. The number of aliphatic carboxylic acids is 1. The molecule has 1 aromatic heterocycles. The maximum Gasteiger partial charge on any atom is 0.307 e. The number of aromatic nitrogens is 1. The largest absolute Gasteiger partial charge is 0.481 e. The van der Waals surface area contributed by atoms with Crippen LogP contribution in [-0.4, -0.2) is 33.6 Å².